The molecule has 4 aromatic rings. The minimum absolute atomic E-state index is 1.21. The van der Waals surface area contributed by atoms with Gasteiger partial charge in [-0.2, -0.15) is 0 Å². The van der Waals surface area contributed by atoms with Crippen LogP contribution in [0.1, 0.15) is 22.3 Å². The van der Waals surface area contributed by atoms with Crippen LogP contribution in [0.25, 0.3) is 32.9 Å². The molecule has 1 aromatic heterocycles. The Hall–Kier alpha value is -2.54. The number of rotatable bonds is 1. The summed E-state index contributed by atoms with van der Waals surface area (Å²) in [7, 11) is 0. The summed E-state index contributed by atoms with van der Waals surface area (Å²) in [4.78, 5) is 3.59. The van der Waals surface area contributed by atoms with Gasteiger partial charge < -0.3 is 4.98 Å². The average molecular weight is 299 g/mol. The van der Waals surface area contributed by atoms with E-state index in [1.165, 1.54) is 55.2 Å². The van der Waals surface area contributed by atoms with Crippen LogP contribution in [0, 0.1) is 27.7 Å². The number of aryl methyl sites for hydroxylation is 4. The summed E-state index contributed by atoms with van der Waals surface area (Å²) in [5.41, 5.74) is 10.3. The fraction of sp³-hybridized carbons (Fsp3) is 0.182. The Morgan fingerprint density at radius 2 is 1.22 bits per heavy atom. The van der Waals surface area contributed by atoms with Crippen molar-refractivity contribution in [1.29, 1.82) is 0 Å². The number of benzene rings is 3. The van der Waals surface area contributed by atoms with Gasteiger partial charge in [-0.25, -0.2) is 0 Å². The quantitative estimate of drug-likeness (QED) is 0.429. The maximum Gasteiger partial charge on any atom is 0.0471 e. The molecule has 1 heterocycles. The van der Waals surface area contributed by atoms with Gasteiger partial charge >= 0.3 is 0 Å². The highest BCUT2D eigenvalue weighted by Crippen LogP contribution is 2.34. The summed E-state index contributed by atoms with van der Waals surface area (Å²) in [6, 6.07) is 17.9. The fourth-order valence-corrected chi connectivity index (χ4v) is 3.58. The largest absolute Gasteiger partial charge is 0.354 e. The maximum atomic E-state index is 3.59. The first-order chi connectivity index (χ1) is 11.0. The van der Waals surface area contributed by atoms with E-state index in [9.17, 15) is 0 Å². The zero-order valence-electron chi connectivity index (χ0n) is 14.1. The minimum atomic E-state index is 1.21. The van der Waals surface area contributed by atoms with Crippen LogP contribution in [0.5, 0.6) is 0 Å². The van der Waals surface area contributed by atoms with Gasteiger partial charge in [-0.1, -0.05) is 35.9 Å². The molecule has 0 bridgehead atoms. The Bertz CT molecular complexity index is 1050. The van der Waals surface area contributed by atoms with Gasteiger partial charge in [0.25, 0.3) is 0 Å². The number of hydrogen-bond acceptors (Lipinski definition) is 0. The molecule has 1 heteroatoms. The minimum Gasteiger partial charge on any atom is -0.354 e. The SMILES string of the molecule is Cc1ccc(-c2cc3[nH]c4cc(C)ccc4c3cc2C)c(C)c1. The normalized spacial score (nSPS) is 11.5. The smallest absolute Gasteiger partial charge is 0.0471 e. The van der Waals surface area contributed by atoms with Crippen molar-refractivity contribution in [3.8, 4) is 11.1 Å². The zero-order valence-corrected chi connectivity index (χ0v) is 14.1. The van der Waals surface area contributed by atoms with E-state index in [0.717, 1.165) is 0 Å². The molecule has 4 rings (SSSR count). The molecule has 0 spiro atoms. The van der Waals surface area contributed by atoms with Crippen molar-refractivity contribution in [2.75, 3.05) is 0 Å². The van der Waals surface area contributed by atoms with Gasteiger partial charge in [-0.05, 0) is 73.7 Å². The first-order valence-corrected chi connectivity index (χ1v) is 8.13. The second-order valence-electron chi connectivity index (χ2n) is 6.71. The third-order valence-electron chi connectivity index (χ3n) is 4.77. The number of hydrogen-bond donors (Lipinski definition) is 1. The molecule has 0 amide bonds. The van der Waals surface area contributed by atoms with Crippen LogP contribution in [0.2, 0.25) is 0 Å². The van der Waals surface area contributed by atoms with Gasteiger partial charge in [0.15, 0.2) is 0 Å². The zero-order chi connectivity index (χ0) is 16.1. The van der Waals surface area contributed by atoms with Crippen LogP contribution < -0.4 is 0 Å². The molecule has 1 nitrogen and oxygen atoms in total. The predicted molar refractivity (Wildman–Crippen MR) is 100 cm³/mol. The number of H-pyrrole nitrogens is 1. The molecular weight excluding hydrogens is 278 g/mol. The molecule has 0 fully saturated rings. The summed E-state index contributed by atoms with van der Waals surface area (Å²) in [5.74, 6) is 0. The number of aromatic amines is 1. The van der Waals surface area contributed by atoms with Crippen molar-refractivity contribution in [3.05, 3.63) is 70.8 Å². The molecule has 0 atom stereocenters. The first-order valence-electron chi connectivity index (χ1n) is 8.13. The van der Waals surface area contributed by atoms with E-state index in [1.807, 2.05) is 0 Å². The molecule has 0 aliphatic rings. The maximum absolute atomic E-state index is 3.59. The van der Waals surface area contributed by atoms with Crippen LogP contribution in [0.4, 0.5) is 0 Å². The molecule has 1 N–H and O–H groups in total. The van der Waals surface area contributed by atoms with Crippen LogP contribution in [-0.4, -0.2) is 4.98 Å². The van der Waals surface area contributed by atoms with Crippen molar-refractivity contribution < 1.29 is 0 Å². The predicted octanol–water partition coefficient (Wildman–Crippen LogP) is 6.22. The number of fused-ring (bicyclic) bond motifs is 3. The topological polar surface area (TPSA) is 15.8 Å². The van der Waals surface area contributed by atoms with E-state index >= 15 is 0 Å². The lowest BCUT2D eigenvalue weighted by Gasteiger charge is -2.11. The molecule has 0 aliphatic carbocycles. The van der Waals surface area contributed by atoms with Crippen LogP contribution in [-0.2, 0) is 0 Å². The summed E-state index contributed by atoms with van der Waals surface area (Å²) in [6.07, 6.45) is 0. The standard InChI is InChI=1S/C22H21N/c1-13-5-7-17(15(3)9-13)19-12-22-20(11-16(19)4)18-8-6-14(2)10-21(18)23-22/h5-12,23H,1-4H3. The van der Waals surface area contributed by atoms with Crippen molar-refractivity contribution in [2.45, 2.75) is 27.7 Å². The fourth-order valence-electron chi connectivity index (χ4n) is 3.58. The number of nitrogens with one attached hydrogen (secondary N) is 1. The molecule has 114 valence electrons. The lowest BCUT2D eigenvalue weighted by Crippen LogP contribution is -1.88. The Morgan fingerprint density at radius 1 is 0.565 bits per heavy atom. The lowest BCUT2D eigenvalue weighted by atomic mass is 9.94. The summed E-state index contributed by atoms with van der Waals surface area (Å²) < 4.78 is 0. The molecule has 0 unspecified atom stereocenters. The summed E-state index contributed by atoms with van der Waals surface area (Å²) in [6.45, 7) is 8.69. The van der Waals surface area contributed by atoms with Gasteiger partial charge in [0.05, 0.1) is 0 Å². The number of aromatic nitrogens is 1. The van der Waals surface area contributed by atoms with E-state index in [2.05, 4.69) is 81.2 Å². The van der Waals surface area contributed by atoms with Crippen LogP contribution in [0.3, 0.4) is 0 Å². The van der Waals surface area contributed by atoms with Gasteiger partial charge in [0, 0.05) is 21.8 Å². The van der Waals surface area contributed by atoms with Gasteiger partial charge in [-0.3, -0.25) is 0 Å². The first kappa shape index (κ1) is 14.1. The molecular formula is C22H21N. The highest BCUT2D eigenvalue weighted by Gasteiger charge is 2.10. The van der Waals surface area contributed by atoms with Crippen molar-refractivity contribution >= 4 is 21.8 Å². The van der Waals surface area contributed by atoms with Gasteiger partial charge in [-0.15, -0.1) is 0 Å². The van der Waals surface area contributed by atoms with Crippen molar-refractivity contribution in [3.63, 3.8) is 0 Å². The van der Waals surface area contributed by atoms with Crippen LogP contribution >= 0.6 is 0 Å². The second kappa shape index (κ2) is 4.99. The summed E-state index contributed by atoms with van der Waals surface area (Å²) >= 11 is 0. The lowest BCUT2D eigenvalue weighted by molar-refractivity contribution is 1.37. The summed E-state index contributed by atoms with van der Waals surface area (Å²) in [5, 5.41) is 2.62. The van der Waals surface area contributed by atoms with Crippen molar-refractivity contribution in [2.24, 2.45) is 0 Å². The van der Waals surface area contributed by atoms with Crippen LogP contribution in [0.15, 0.2) is 48.5 Å². The van der Waals surface area contributed by atoms with E-state index < -0.39 is 0 Å². The Balaban J connectivity index is 2.01. The Labute approximate surface area is 137 Å². The molecule has 0 radical (unpaired) electrons. The third-order valence-corrected chi connectivity index (χ3v) is 4.77. The molecule has 3 aromatic carbocycles. The highest BCUT2D eigenvalue weighted by atomic mass is 14.7. The van der Waals surface area contributed by atoms with Gasteiger partial charge in [0.1, 0.15) is 0 Å². The monoisotopic (exact) mass is 299 g/mol. The van der Waals surface area contributed by atoms with Gasteiger partial charge in [0.2, 0.25) is 0 Å². The Morgan fingerprint density at radius 3 is 2.00 bits per heavy atom. The van der Waals surface area contributed by atoms with E-state index in [-0.39, 0.29) is 0 Å². The van der Waals surface area contributed by atoms with E-state index in [4.69, 9.17) is 0 Å². The Kier molecular flexibility index (Phi) is 3.05. The highest BCUT2D eigenvalue weighted by molar-refractivity contribution is 6.08. The molecule has 23 heavy (non-hydrogen) atoms. The van der Waals surface area contributed by atoms with E-state index in [0.29, 0.717) is 0 Å². The molecule has 0 saturated heterocycles. The average Bonchev–Trinajstić information content (AvgIpc) is 2.83. The third kappa shape index (κ3) is 2.24. The second-order valence-corrected chi connectivity index (χ2v) is 6.71. The molecule has 0 saturated carbocycles. The van der Waals surface area contributed by atoms with E-state index in [1.54, 1.807) is 0 Å². The molecule has 0 aliphatic heterocycles. The van der Waals surface area contributed by atoms with Crippen molar-refractivity contribution in [1.82, 2.24) is 4.98 Å².